The zero-order chi connectivity index (χ0) is 4.41. The van der Waals surface area contributed by atoms with Crippen LogP contribution in [0.1, 0.15) is 0 Å². The fourth-order valence-electron chi connectivity index (χ4n) is 0.323. The zero-order valence-electron chi connectivity index (χ0n) is 3.59. The van der Waals surface area contributed by atoms with E-state index < -0.39 is 0 Å². The Balaban J connectivity index is 0.000000360. The highest BCUT2D eigenvalue weighted by atomic mass is 35.5. The van der Waals surface area contributed by atoms with Gasteiger partial charge in [-0.2, -0.15) is 0 Å². The monoisotopic (exact) mass is 120 g/mol. The third kappa shape index (κ3) is 1.59. The van der Waals surface area contributed by atoms with E-state index in [-0.39, 0.29) is 18.4 Å². The molecule has 0 unspecified atom stereocenters. The third-order valence-corrected chi connectivity index (χ3v) is 0.576. The molecule has 1 aliphatic rings. The first kappa shape index (κ1) is 6.50. The van der Waals surface area contributed by atoms with Crippen LogP contribution >= 0.6 is 12.4 Å². The molecular weight excluding hydrogens is 115 g/mol. The summed E-state index contributed by atoms with van der Waals surface area (Å²) in [4.78, 5) is 9.93. The molecule has 2 nitrogen and oxygen atoms in total. The molecule has 40 valence electrons. The smallest absolute Gasteiger partial charge is 0.330 e. The molecule has 0 amide bonds. The van der Waals surface area contributed by atoms with Gasteiger partial charge in [0.15, 0.2) is 0 Å². The molecule has 0 N–H and O–H groups in total. The molecule has 0 spiro atoms. The van der Waals surface area contributed by atoms with E-state index in [4.69, 9.17) is 0 Å². The topological polar surface area (TPSA) is 26.3 Å². The zero-order valence-corrected chi connectivity index (χ0v) is 4.40. The van der Waals surface area contributed by atoms with Crippen molar-refractivity contribution in [1.82, 2.24) is 0 Å². The summed E-state index contributed by atoms with van der Waals surface area (Å²) in [5.41, 5.74) is 0. The van der Waals surface area contributed by atoms with Crippen molar-refractivity contribution in [1.29, 1.82) is 0 Å². The van der Waals surface area contributed by atoms with Crippen LogP contribution in [0.4, 0.5) is 0 Å². The third-order valence-electron chi connectivity index (χ3n) is 0.576. The molecule has 0 fully saturated rings. The minimum atomic E-state index is -0.227. The quantitative estimate of drug-likeness (QED) is 0.436. The normalized spacial score (nSPS) is 15.7. The van der Waals surface area contributed by atoms with Gasteiger partial charge in [0, 0.05) is 6.08 Å². The van der Waals surface area contributed by atoms with Gasteiger partial charge in [-0.15, -0.1) is 12.4 Å². The van der Waals surface area contributed by atoms with Crippen LogP contribution in [0.2, 0.25) is 0 Å². The molecule has 0 atom stereocenters. The van der Waals surface area contributed by atoms with E-state index in [0.717, 1.165) is 0 Å². The number of ether oxygens (including phenoxy) is 1. The van der Waals surface area contributed by atoms with Crippen LogP contribution < -0.4 is 0 Å². The van der Waals surface area contributed by atoms with Gasteiger partial charge in [-0.05, 0) is 6.08 Å². The van der Waals surface area contributed by atoms with Crippen LogP contribution in [0.3, 0.4) is 0 Å². The first-order chi connectivity index (χ1) is 2.89. The minimum absolute atomic E-state index is 0. The fourth-order valence-corrected chi connectivity index (χ4v) is 0.323. The van der Waals surface area contributed by atoms with Crippen LogP contribution in [0.15, 0.2) is 12.2 Å². The number of hydrogen-bond donors (Lipinski definition) is 0. The average molecular weight is 121 g/mol. The second-order valence-electron chi connectivity index (χ2n) is 1.03. The van der Waals surface area contributed by atoms with Crippen LogP contribution in [0.5, 0.6) is 0 Å². The maximum Gasteiger partial charge on any atom is 0.330 e. The Kier molecular flexibility index (Phi) is 2.45. The fraction of sp³-hybridized carbons (Fsp3) is 0.250. The Morgan fingerprint density at radius 1 is 1.71 bits per heavy atom. The Bertz CT molecular complexity index is 97.9. The molecule has 7 heavy (non-hydrogen) atoms. The van der Waals surface area contributed by atoms with Gasteiger partial charge in [0.1, 0.15) is 6.61 Å². The first-order valence-corrected chi connectivity index (χ1v) is 1.73. The van der Waals surface area contributed by atoms with Gasteiger partial charge in [0.05, 0.1) is 0 Å². The van der Waals surface area contributed by atoms with Crippen molar-refractivity contribution < 1.29 is 9.53 Å². The molecular formula is C4H5ClO2. The van der Waals surface area contributed by atoms with Gasteiger partial charge in [0.25, 0.3) is 0 Å². The van der Waals surface area contributed by atoms with Crippen molar-refractivity contribution >= 4 is 18.4 Å². The lowest BCUT2D eigenvalue weighted by atomic mass is 10.6. The van der Waals surface area contributed by atoms with Gasteiger partial charge < -0.3 is 4.74 Å². The van der Waals surface area contributed by atoms with Crippen molar-refractivity contribution in [2.45, 2.75) is 0 Å². The Labute approximate surface area is 47.6 Å². The molecule has 0 radical (unpaired) electrons. The largest absolute Gasteiger partial charge is 0.458 e. The number of hydrogen-bond acceptors (Lipinski definition) is 2. The van der Waals surface area contributed by atoms with E-state index in [1.807, 2.05) is 0 Å². The second-order valence-corrected chi connectivity index (χ2v) is 1.03. The molecule has 1 aliphatic heterocycles. The molecule has 0 aliphatic carbocycles. The standard InChI is InChI=1S/C4H4O2.ClH/c5-4-2-1-3-6-4;/h1-2H,3H2;1H. The maximum atomic E-state index is 9.93. The van der Waals surface area contributed by atoms with Crippen molar-refractivity contribution in [3.8, 4) is 0 Å². The second kappa shape index (κ2) is 2.64. The van der Waals surface area contributed by atoms with Gasteiger partial charge >= 0.3 is 5.97 Å². The number of esters is 1. The van der Waals surface area contributed by atoms with Crippen molar-refractivity contribution in [3.63, 3.8) is 0 Å². The van der Waals surface area contributed by atoms with Crippen LogP contribution in [0.25, 0.3) is 0 Å². The predicted octanol–water partition coefficient (Wildman–Crippen LogP) is 0.521. The predicted molar refractivity (Wildman–Crippen MR) is 27.3 cm³/mol. The van der Waals surface area contributed by atoms with E-state index in [0.29, 0.717) is 6.61 Å². The van der Waals surface area contributed by atoms with Crippen molar-refractivity contribution in [3.05, 3.63) is 12.2 Å². The highest BCUT2D eigenvalue weighted by Crippen LogP contribution is 1.89. The number of carbonyl (C=O) groups is 1. The summed E-state index contributed by atoms with van der Waals surface area (Å²) in [7, 11) is 0. The molecule has 3 heteroatoms. The molecule has 0 bridgehead atoms. The number of rotatable bonds is 0. The molecule has 1 heterocycles. The van der Waals surface area contributed by atoms with Gasteiger partial charge in [-0.25, -0.2) is 4.79 Å². The Morgan fingerprint density at radius 2 is 2.43 bits per heavy atom. The molecule has 0 saturated heterocycles. The molecule has 0 aromatic rings. The lowest BCUT2D eigenvalue weighted by Gasteiger charge is -1.81. The highest BCUT2D eigenvalue weighted by Gasteiger charge is 1.98. The first-order valence-electron chi connectivity index (χ1n) is 1.73. The SMILES string of the molecule is Cl.O=C1C=CCO1. The highest BCUT2D eigenvalue weighted by molar-refractivity contribution is 5.85. The van der Waals surface area contributed by atoms with E-state index in [9.17, 15) is 4.79 Å². The summed E-state index contributed by atoms with van der Waals surface area (Å²) < 4.78 is 4.40. The minimum Gasteiger partial charge on any atom is -0.458 e. The van der Waals surface area contributed by atoms with Gasteiger partial charge in [-0.3, -0.25) is 0 Å². The summed E-state index contributed by atoms with van der Waals surface area (Å²) in [6.07, 6.45) is 3.10. The number of cyclic esters (lactones) is 1. The summed E-state index contributed by atoms with van der Waals surface area (Å²) in [5.74, 6) is -0.227. The summed E-state index contributed by atoms with van der Waals surface area (Å²) >= 11 is 0. The van der Waals surface area contributed by atoms with Crippen LogP contribution in [0, 0.1) is 0 Å². The Morgan fingerprint density at radius 3 is 2.57 bits per heavy atom. The summed E-state index contributed by atoms with van der Waals surface area (Å²) in [6, 6.07) is 0. The van der Waals surface area contributed by atoms with Gasteiger partial charge in [-0.1, -0.05) is 0 Å². The van der Waals surface area contributed by atoms with E-state index >= 15 is 0 Å². The molecule has 1 rings (SSSR count). The van der Waals surface area contributed by atoms with Crippen LogP contribution in [-0.2, 0) is 9.53 Å². The molecule has 0 saturated carbocycles. The number of halogens is 1. The number of carbonyl (C=O) groups excluding carboxylic acids is 1. The average Bonchev–Trinajstić information content (AvgIpc) is 1.86. The van der Waals surface area contributed by atoms with E-state index in [2.05, 4.69) is 4.74 Å². The van der Waals surface area contributed by atoms with E-state index in [1.54, 1.807) is 6.08 Å². The Hall–Kier alpha value is -0.500. The van der Waals surface area contributed by atoms with E-state index in [1.165, 1.54) is 6.08 Å². The summed E-state index contributed by atoms with van der Waals surface area (Å²) in [6.45, 7) is 0.457. The summed E-state index contributed by atoms with van der Waals surface area (Å²) in [5, 5.41) is 0. The lowest BCUT2D eigenvalue weighted by Crippen LogP contribution is -1.89. The maximum absolute atomic E-state index is 9.93. The van der Waals surface area contributed by atoms with Crippen molar-refractivity contribution in [2.24, 2.45) is 0 Å². The van der Waals surface area contributed by atoms with Crippen LogP contribution in [-0.4, -0.2) is 12.6 Å². The molecule has 0 aromatic carbocycles. The van der Waals surface area contributed by atoms with Crippen molar-refractivity contribution in [2.75, 3.05) is 6.61 Å². The molecule has 0 aromatic heterocycles. The lowest BCUT2D eigenvalue weighted by molar-refractivity contribution is -0.134. The van der Waals surface area contributed by atoms with Gasteiger partial charge in [0.2, 0.25) is 0 Å².